The van der Waals surface area contributed by atoms with Gasteiger partial charge in [0, 0.05) is 53.0 Å². The van der Waals surface area contributed by atoms with Crippen LogP contribution < -0.4 is 10.4 Å². The fourth-order valence-corrected chi connectivity index (χ4v) is 4.64. The Bertz CT molecular complexity index is 1780. The highest BCUT2D eigenvalue weighted by Crippen LogP contribution is 2.30. The molecule has 3 aromatic heterocycles. The largest absolute Gasteiger partial charge is 0.325 e. The molecule has 0 saturated carbocycles. The lowest BCUT2D eigenvalue weighted by Crippen LogP contribution is -2.52. The summed E-state index contributed by atoms with van der Waals surface area (Å²) in [6, 6.07) is 11.1. The van der Waals surface area contributed by atoms with E-state index in [1.807, 2.05) is 19.3 Å². The van der Waals surface area contributed by atoms with Crippen LogP contribution in [0.2, 0.25) is 10.2 Å². The minimum Gasteiger partial charge on any atom is -0.325 e. The molecule has 206 valence electrons. The van der Waals surface area contributed by atoms with Crippen molar-refractivity contribution in [3.8, 4) is 5.69 Å². The molecule has 4 heterocycles. The summed E-state index contributed by atoms with van der Waals surface area (Å²) in [4.78, 5) is 25.7. The Morgan fingerprint density at radius 2 is 1.98 bits per heavy atom. The minimum atomic E-state index is -2.45. The number of nitrogens with zero attached hydrogens (tertiary/aromatic N) is 9. The van der Waals surface area contributed by atoms with Gasteiger partial charge in [-0.2, -0.15) is 10.2 Å². The number of hydrogen-bond donors (Lipinski definition) is 1. The Hall–Kier alpha value is -4.01. The topological polar surface area (TPSA) is 120 Å². The van der Waals surface area contributed by atoms with Gasteiger partial charge in [-0.1, -0.05) is 28.4 Å². The lowest BCUT2D eigenvalue weighted by atomic mass is 10.1. The molecule has 1 atom stereocenters. The standard InChI is InChI=1S/C25H24Cl2N10O3/c1-33-8-7-19(30-33)11-23(25(38)28-18-4-5-20-16(9-18)12-34(2)31-20)37-15-39-36(14-40-37)22-10-17(26)3-6-21(22)35-13-24(27)29-32-35/h3-10,12-13,23H,11,14-15H2,1-2H3,(H,28,38)/i1D3. The van der Waals surface area contributed by atoms with Gasteiger partial charge in [0.2, 0.25) is 5.91 Å². The molecule has 13 nitrogen and oxygen atoms in total. The second-order valence-corrected chi connectivity index (χ2v) is 9.79. The molecule has 5 aromatic rings. The molecular formula is C25H24Cl2N10O3. The zero-order valence-corrected chi connectivity index (χ0v) is 22.5. The third-order valence-electron chi connectivity index (χ3n) is 6.18. The van der Waals surface area contributed by atoms with Gasteiger partial charge in [-0.3, -0.25) is 23.8 Å². The Kier molecular flexibility index (Phi) is 6.19. The molecule has 1 unspecified atom stereocenters. The summed E-state index contributed by atoms with van der Waals surface area (Å²) in [7, 11) is 1.82. The summed E-state index contributed by atoms with van der Waals surface area (Å²) in [6.07, 6.45) is 4.76. The highest BCUT2D eigenvalue weighted by Gasteiger charge is 2.33. The van der Waals surface area contributed by atoms with Crippen LogP contribution in [0.25, 0.3) is 16.6 Å². The second-order valence-electron chi connectivity index (χ2n) is 8.97. The maximum Gasteiger partial charge on any atom is 0.244 e. The van der Waals surface area contributed by atoms with E-state index in [0.29, 0.717) is 27.8 Å². The van der Waals surface area contributed by atoms with Gasteiger partial charge in [0.05, 0.1) is 28.8 Å². The number of anilines is 2. The van der Waals surface area contributed by atoms with Crippen molar-refractivity contribution in [1.82, 2.24) is 39.6 Å². The first-order valence-corrected chi connectivity index (χ1v) is 12.8. The Balaban J connectivity index is 1.23. The molecule has 1 aliphatic heterocycles. The van der Waals surface area contributed by atoms with Crippen LogP contribution in [0.15, 0.2) is 61.1 Å². The number of benzene rings is 2. The number of carbonyl (C=O) groups is 1. The molecule has 0 spiro atoms. The molecule has 6 rings (SSSR count). The fraction of sp³-hybridized carbons (Fsp3) is 0.240. The quantitative estimate of drug-likeness (QED) is 0.306. The first-order chi connectivity index (χ1) is 20.5. The van der Waals surface area contributed by atoms with Gasteiger partial charge < -0.3 is 5.32 Å². The van der Waals surface area contributed by atoms with Crippen molar-refractivity contribution in [1.29, 1.82) is 0 Å². The van der Waals surface area contributed by atoms with E-state index in [1.54, 1.807) is 41.1 Å². The van der Waals surface area contributed by atoms with Crippen molar-refractivity contribution < 1.29 is 18.6 Å². The predicted molar refractivity (Wildman–Crippen MR) is 148 cm³/mol. The van der Waals surface area contributed by atoms with E-state index in [9.17, 15) is 4.79 Å². The predicted octanol–water partition coefficient (Wildman–Crippen LogP) is 3.34. The molecule has 1 saturated heterocycles. The second kappa shape index (κ2) is 10.9. The van der Waals surface area contributed by atoms with Crippen molar-refractivity contribution in [2.75, 3.05) is 23.8 Å². The zero-order chi connectivity index (χ0) is 30.3. The van der Waals surface area contributed by atoms with Crippen LogP contribution >= 0.6 is 23.2 Å². The molecule has 1 aliphatic rings. The molecule has 15 heteroatoms. The van der Waals surface area contributed by atoms with Crippen molar-refractivity contribution in [2.24, 2.45) is 14.0 Å². The normalized spacial score (nSPS) is 16.5. The molecule has 0 bridgehead atoms. The molecule has 1 fully saturated rings. The van der Waals surface area contributed by atoms with Crippen molar-refractivity contribution in [3.63, 3.8) is 0 Å². The highest BCUT2D eigenvalue weighted by molar-refractivity contribution is 6.31. The monoisotopic (exact) mass is 585 g/mol. The first kappa shape index (κ1) is 22.8. The van der Waals surface area contributed by atoms with E-state index < -0.39 is 18.9 Å². The van der Waals surface area contributed by atoms with Gasteiger partial charge >= 0.3 is 0 Å². The van der Waals surface area contributed by atoms with Gasteiger partial charge in [-0.15, -0.1) is 10.2 Å². The summed E-state index contributed by atoms with van der Waals surface area (Å²) >= 11 is 12.2. The minimum absolute atomic E-state index is 0.0350. The maximum atomic E-state index is 13.7. The van der Waals surface area contributed by atoms with Crippen molar-refractivity contribution >= 4 is 51.4 Å². The van der Waals surface area contributed by atoms with E-state index in [-0.39, 0.29) is 25.0 Å². The molecular weight excluding hydrogens is 559 g/mol. The molecule has 2 aromatic carbocycles. The van der Waals surface area contributed by atoms with Crippen LogP contribution in [0, 0.1) is 0 Å². The summed E-state index contributed by atoms with van der Waals surface area (Å²) < 4.78 is 26.9. The number of halogens is 2. The number of hydrogen-bond acceptors (Lipinski definition) is 9. The molecule has 40 heavy (non-hydrogen) atoms. The average molecular weight is 586 g/mol. The van der Waals surface area contributed by atoms with Gasteiger partial charge in [0.25, 0.3) is 0 Å². The summed E-state index contributed by atoms with van der Waals surface area (Å²) in [5, 5.41) is 23.6. The van der Waals surface area contributed by atoms with Gasteiger partial charge in [0.15, 0.2) is 18.6 Å². The molecule has 0 radical (unpaired) electrons. The number of fused-ring (bicyclic) bond motifs is 1. The van der Waals surface area contributed by atoms with Crippen LogP contribution in [0.1, 0.15) is 9.81 Å². The van der Waals surface area contributed by atoms with Gasteiger partial charge in [-0.25, -0.2) is 9.75 Å². The summed E-state index contributed by atoms with van der Waals surface area (Å²) in [5.41, 5.74) is 2.82. The lowest BCUT2D eigenvalue weighted by molar-refractivity contribution is -0.279. The summed E-state index contributed by atoms with van der Waals surface area (Å²) in [6.45, 7) is -2.74. The third kappa shape index (κ3) is 5.50. The van der Waals surface area contributed by atoms with Crippen molar-refractivity contribution in [3.05, 3.63) is 76.9 Å². The van der Waals surface area contributed by atoms with E-state index in [0.717, 1.165) is 15.6 Å². The van der Waals surface area contributed by atoms with Crippen LogP contribution in [0.4, 0.5) is 11.4 Å². The number of aryl methyl sites for hydroxylation is 2. The number of amides is 1. The van der Waals surface area contributed by atoms with Crippen molar-refractivity contribution in [2.45, 2.75) is 12.5 Å². The van der Waals surface area contributed by atoms with Crippen LogP contribution in [0.3, 0.4) is 0 Å². The maximum absolute atomic E-state index is 13.7. The highest BCUT2D eigenvalue weighted by atomic mass is 35.5. The summed E-state index contributed by atoms with van der Waals surface area (Å²) in [5.74, 6) is -0.413. The van der Waals surface area contributed by atoms with E-state index in [1.165, 1.54) is 27.2 Å². The van der Waals surface area contributed by atoms with Gasteiger partial charge in [-0.05, 0) is 42.5 Å². The molecule has 0 aliphatic carbocycles. The molecule has 1 N–H and O–H groups in total. The number of carbonyl (C=O) groups excluding carboxylic acids is 1. The Labute approximate surface area is 242 Å². The van der Waals surface area contributed by atoms with Crippen LogP contribution in [-0.2, 0) is 34.9 Å². The average Bonchev–Trinajstić information content (AvgIpc) is 3.71. The number of rotatable bonds is 7. The Morgan fingerprint density at radius 3 is 2.73 bits per heavy atom. The number of hydroxylamine groups is 3. The van der Waals surface area contributed by atoms with E-state index >= 15 is 0 Å². The van der Waals surface area contributed by atoms with E-state index in [4.69, 9.17) is 37.0 Å². The molecule has 1 amide bonds. The number of aromatic nitrogens is 7. The lowest BCUT2D eigenvalue weighted by Gasteiger charge is -2.38. The first-order valence-electron chi connectivity index (χ1n) is 13.5. The fourth-order valence-electron chi connectivity index (χ4n) is 4.34. The smallest absolute Gasteiger partial charge is 0.244 e. The SMILES string of the molecule is [2H]C([2H])([2H])n1ccc(CC(C(=O)Nc2ccc3nn(C)cc3c2)N2CON(c3cc(Cl)ccc3-n3cc(Cl)nn3)CO2)n1. The zero-order valence-electron chi connectivity index (χ0n) is 24.0. The van der Waals surface area contributed by atoms with Gasteiger partial charge in [0.1, 0.15) is 6.04 Å². The van der Waals surface area contributed by atoms with E-state index in [2.05, 4.69) is 25.8 Å². The van der Waals surface area contributed by atoms with Crippen LogP contribution in [0.5, 0.6) is 0 Å². The number of nitrogens with one attached hydrogen (secondary N) is 1. The third-order valence-corrected chi connectivity index (χ3v) is 6.59. The Morgan fingerprint density at radius 1 is 1.07 bits per heavy atom. The van der Waals surface area contributed by atoms with Crippen LogP contribution in [-0.4, -0.2) is 65.0 Å².